The summed E-state index contributed by atoms with van der Waals surface area (Å²) in [7, 11) is 0. The third-order valence-corrected chi connectivity index (χ3v) is 4.98. The smallest absolute Gasteiger partial charge is 0.246 e. The van der Waals surface area contributed by atoms with Crippen LogP contribution in [0.1, 0.15) is 19.3 Å². The molecule has 2 aromatic rings. The second-order valence-corrected chi connectivity index (χ2v) is 6.13. The summed E-state index contributed by atoms with van der Waals surface area (Å²) in [4.78, 5) is 25.7. The molecule has 0 aromatic carbocycles. The van der Waals surface area contributed by atoms with Crippen molar-refractivity contribution >= 4 is 22.8 Å². The van der Waals surface area contributed by atoms with Crippen molar-refractivity contribution in [2.24, 2.45) is 5.92 Å². The Morgan fingerprint density at radius 2 is 2.36 bits per heavy atom. The molecule has 1 unspecified atom stereocenters. The Kier molecular flexibility index (Phi) is 3.10. The minimum absolute atomic E-state index is 0.0339. The Bertz CT molecular complexity index is 724. The number of nitrogens with one attached hydrogen (secondary N) is 2. The molecule has 2 bridgehead atoms. The van der Waals surface area contributed by atoms with Gasteiger partial charge in [-0.3, -0.25) is 4.79 Å². The number of anilines is 1. The third-order valence-electron chi connectivity index (χ3n) is 4.98. The summed E-state index contributed by atoms with van der Waals surface area (Å²) in [6, 6.07) is 2.59. The first-order valence-electron chi connectivity index (χ1n) is 7.74. The highest BCUT2D eigenvalue weighted by atomic mass is 16.2. The average Bonchev–Trinajstić information content (AvgIpc) is 3.17. The Balaban J connectivity index is 1.60. The van der Waals surface area contributed by atoms with E-state index in [1.165, 1.54) is 6.08 Å². The topological polar surface area (TPSA) is 73.9 Å². The number of nitrogens with zero attached hydrogens (tertiary/aromatic N) is 3. The molecule has 1 saturated carbocycles. The fourth-order valence-electron chi connectivity index (χ4n) is 3.86. The van der Waals surface area contributed by atoms with Gasteiger partial charge in [-0.1, -0.05) is 6.58 Å². The van der Waals surface area contributed by atoms with E-state index in [0.29, 0.717) is 12.0 Å². The zero-order valence-electron chi connectivity index (χ0n) is 12.3. The Hall–Kier alpha value is -2.37. The molecule has 2 fully saturated rings. The van der Waals surface area contributed by atoms with Gasteiger partial charge < -0.3 is 15.2 Å². The maximum Gasteiger partial charge on any atom is 0.246 e. The number of aromatic amines is 1. The van der Waals surface area contributed by atoms with Crippen LogP contribution in [0, 0.1) is 5.92 Å². The normalized spacial score (nSPS) is 27.1. The first-order chi connectivity index (χ1) is 10.8. The van der Waals surface area contributed by atoms with Crippen LogP contribution >= 0.6 is 0 Å². The van der Waals surface area contributed by atoms with Gasteiger partial charge in [-0.2, -0.15) is 0 Å². The SMILES string of the molecule is C=CC(=O)N1CC(Nc2ncnc3[nH]ccc23)[C@@H]2CC[C@H]1C2. The van der Waals surface area contributed by atoms with Crippen LogP contribution in [0.15, 0.2) is 31.2 Å². The molecule has 0 spiro atoms. The van der Waals surface area contributed by atoms with Crippen LogP contribution in [-0.2, 0) is 4.79 Å². The van der Waals surface area contributed by atoms with Crippen molar-refractivity contribution < 1.29 is 4.79 Å². The molecule has 4 rings (SSSR count). The fourth-order valence-corrected chi connectivity index (χ4v) is 3.86. The van der Waals surface area contributed by atoms with E-state index >= 15 is 0 Å². The van der Waals surface area contributed by atoms with Gasteiger partial charge in [0.2, 0.25) is 5.91 Å². The minimum Gasteiger partial charge on any atom is -0.365 e. The number of carbonyl (C=O) groups excluding carboxylic acids is 1. The summed E-state index contributed by atoms with van der Waals surface area (Å²) in [5.74, 6) is 1.47. The molecule has 3 atom stereocenters. The number of hydrogen-bond donors (Lipinski definition) is 2. The van der Waals surface area contributed by atoms with Crippen molar-refractivity contribution in [3.05, 3.63) is 31.2 Å². The van der Waals surface area contributed by atoms with Gasteiger partial charge in [0, 0.05) is 24.8 Å². The molecule has 6 heteroatoms. The van der Waals surface area contributed by atoms with Gasteiger partial charge in [-0.25, -0.2) is 9.97 Å². The van der Waals surface area contributed by atoms with E-state index in [2.05, 4.69) is 26.8 Å². The Morgan fingerprint density at radius 3 is 3.23 bits per heavy atom. The molecular weight excluding hydrogens is 278 g/mol. The fraction of sp³-hybridized carbons (Fsp3) is 0.438. The van der Waals surface area contributed by atoms with E-state index in [-0.39, 0.29) is 11.9 Å². The standard InChI is InChI=1S/C16H19N5O/c1-2-14(22)21-8-13(10-3-4-11(21)7-10)20-16-12-5-6-17-15(12)18-9-19-16/h2,5-6,9-11,13H,1,3-4,7-8H2,(H2,17,18,19,20)/t10-,11+,13?/m1/s1. The second kappa shape index (κ2) is 5.12. The van der Waals surface area contributed by atoms with Gasteiger partial charge >= 0.3 is 0 Å². The quantitative estimate of drug-likeness (QED) is 0.849. The van der Waals surface area contributed by atoms with Gasteiger partial charge in [-0.05, 0) is 37.3 Å². The summed E-state index contributed by atoms with van der Waals surface area (Å²) in [5.41, 5.74) is 0.830. The number of hydrogen-bond acceptors (Lipinski definition) is 4. The zero-order chi connectivity index (χ0) is 15.1. The van der Waals surface area contributed by atoms with Crippen LogP contribution in [0.3, 0.4) is 0 Å². The van der Waals surface area contributed by atoms with Crippen LogP contribution in [0.5, 0.6) is 0 Å². The van der Waals surface area contributed by atoms with Crippen molar-refractivity contribution in [2.75, 3.05) is 11.9 Å². The molecule has 114 valence electrons. The molecule has 1 aliphatic carbocycles. The van der Waals surface area contributed by atoms with Crippen LogP contribution in [-0.4, -0.2) is 44.4 Å². The van der Waals surface area contributed by atoms with Crippen molar-refractivity contribution in [2.45, 2.75) is 31.3 Å². The van der Waals surface area contributed by atoms with Gasteiger partial charge in [0.25, 0.3) is 0 Å². The van der Waals surface area contributed by atoms with E-state index < -0.39 is 0 Å². The van der Waals surface area contributed by atoms with Crippen molar-refractivity contribution in [1.82, 2.24) is 19.9 Å². The predicted octanol–water partition coefficient (Wildman–Crippen LogP) is 1.94. The summed E-state index contributed by atoms with van der Waals surface area (Å²) >= 11 is 0. The lowest BCUT2D eigenvalue weighted by molar-refractivity contribution is -0.129. The maximum atomic E-state index is 12.1. The van der Waals surface area contributed by atoms with E-state index in [4.69, 9.17) is 0 Å². The lowest BCUT2D eigenvalue weighted by Crippen LogP contribution is -2.50. The average molecular weight is 297 g/mol. The van der Waals surface area contributed by atoms with Crippen LogP contribution < -0.4 is 5.32 Å². The van der Waals surface area contributed by atoms with E-state index in [1.807, 2.05) is 17.2 Å². The van der Waals surface area contributed by atoms with E-state index in [1.54, 1.807) is 6.33 Å². The second-order valence-electron chi connectivity index (χ2n) is 6.13. The molecule has 6 nitrogen and oxygen atoms in total. The molecule has 1 aliphatic heterocycles. The molecule has 1 saturated heterocycles. The molecule has 2 aromatic heterocycles. The minimum atomic E-state index is 0.0339. The number of fused-ring (bicyclic) bond motifs is 3. The number of H-pyrrole nitrogens is 1. The van der Waals surface area contributed by atoms with Gasteiger partial charge in [0.15, 0.2) is 0 Å². The first-order valence-corrected chi connectivity index (χ1v) is 7.74. The molecule has 2 aliphatic rings. The van der Waals surface area contributed by atoms with Crippen molar-refractivity contribution in [1.29, 1.82) is 0 Å². The molecule has 22 heavy (non-hydrogen) atoms. The van der Waals surface area contributed by atoms with Crippen LogP contribution in [0.25, 0.3) is 11.0 Å². The highest BCUT2D eigenvalue weighted by Crippen LogP contribution is 2.38. The number of aromatic nitrogens is 3. The first kappa shape index (κ1) is 13.3. The lowest BCUT2D eigenvalue weighted by Gasteiger charge is -2.38. The molecule has 2 N–H and O–H groups in total. The number of carbonyl (C=O) groups is 1. The number of piperidine rings is 1. The van der Waals surface area contributed by atoms with Gasteiger partial charge in [0.1, 0.15) is 17.8 Å². The number of amides is 1. The zero-order valence-corrected chi connectivity index (χ0v) is 12.3. The summed E-state index contributed by atoms with van der Waals surface area (Å²) in [6.07, 6.45) is 8.17. The molecule has 3 heterocycles. The Morgan fingerprint density at radius 1 is 1.45 bits per heavy atom. The molecule has 1 amide bonds. The van der Waals surface area contributed by atoms with Crippen molar-refractivity contribution in [3.63, 3.8) is 0 Å². The van der Waals surface area contributed by atoms with Gasteiger partial charge in [0.05, 0.1) is 5.39 Å². The maximum absolute atomic E-state index is 12.1. The van der Waals surface area contributed by atoms with Crippen LogP contribution in [0.2, 0.25) is 0 Å². The summed E-state index contributed by atoms with van der Waals surface area (Å²) < 4.78 is 0. The summed E-state index contributed by atoms with van der Waals surface area (Å²) in [5, 5.41) is 4.54. The third kappa shape index (κ3) is 2.06. The molecule has 0 radical (unpaired) electrons. The Labute approximate surface area is 128 Å². The monoisotopic (exact) mass is 297 g/mol. The highest BCUT2D eigenvalue weighted by molar-refractivity contribution is 5.88. The molecular formula is C16H19N5O. The predicted molar refractivity (Wildman–Crippen MR) is 84.3 cm³/mol. The largest absolute Gasteiger partial charge is 0.365 e. The van der Waals surface area contributed by atoms with E-state index in [9.17, 15) is 4.79 Å². The lowest BCUT2D eigenvalue weighted by atomic mass is 9.93. The van der Waals surface area contributed by atoms with Crippen LogP contribution in [0.4, 0.5) is 5.82 Å². The highest BCUT2D eigenvalue weighted by Gasteiger charge is 2.41. The number of rotatable bonds is 3. The number of likely N-dealkylation sites (tertiary alicyclic amines) is 1. The van der Waals surface area contributed by atoms with Crippen molar-refractivity contribution in [3.8, 4) is 0 Å². The summed E-state index contributed by atoms with van der Waals surface area (Å²) in [6.45, 7) is 4.34. The van der Waals surface area contributed by atoms with Gasteiger partial charge in [-0.15, -0.1) is 0 Å². The van der Waals surface area contributed by atoms with E-state index in [0.717, 1.165) is 42.7 Å².